The van der Waals surface area contributed by atoms with Crippen molar-refractivity contribution in [2.75, 3.05) is 32.1 Å². The van der Waals surface area contributed by atoms with Crippen molar-refractivity contribution in [3.63, 3.8) is 0 Å². The third-order valence-electron chi connectivity index (χ3n) is 3.66. The Morgan fingerprint density at radius 1 is 1.57 bits per heavy atom. The number of likely N-dealkylation sites (tertiary alicyclic amines) is 1. The molecule has 1 aromatic rings. The van der Waals surface area contributed by atoms with E-state index in [-0.39, 0.29) is 17.9 Å². The summed E-state index contributed by atoms with van der Waals surface area (Å²) < 4.78 is 5.32. The number of methoxy groups -OCH3 is 1. The average molecular weight is 292 g/mol. The fraction of sp³-hybridized carbons (Fsp3) is 0.667. The molecule has 1 saturated heterocycles. The molecule has 1 aromatic heterocycles. The van der Waals surface area contributed by atoms with Crippen molar-refractivity contribution in [2.24, 2.45) is 0 Å². The molecule has 0 bridgehead atoms. The second-order valence-corrected chi connectivity index (χ2v) is 5.57. The SMILES string of the molecule is CCNc1cnc(C(C)C)nc1C(=O)N1CCC(OC)C1. The van der Waals surface area contributed by atoms with Crippen LogP contribution in [0.4, 0.5) is 5.69 Å². The quantitative estimate of drug-likeness (QED) is 0.897. The van der Waals surface area contributed by atoms with E-state index in [9.17, 15) is 4.79 Å². The van der Waals surface area contributed by atoms with Gasteiger partial charge >= 0.3 is 0 Å². The summed E-state index contributed by atoms with van der Waals surface area (Å²) >= 11 is 0. The first-order valence-electron chi connectivity index (χ1n) is 7.49. The number of carbonyl (C=O) groups is 1. The summed E-state index contributed by atoms with van der Waals surface area (Å²) in [6, 6.07) is 0. The zero-order valence-electron chi connectivity index (χ0n) is 13.2. The number of anilines is 1. The van der Waals surface area contributed by atoms with Crippen molar-refractivity contribution in [1.29, 1.82) is 0 Å². The number of ether oxygens (including phenoxy) is 1. The smallest absolute Gasteiger partial charge is 0.274 e. The van der Waals surface area contributed by atoms with E-state index in [0.717, 1.165) is 13.0 Å². The molecule has 1 fully saturated rings. The van der Waals surface area contributed by atoms with Gasteiger partial charge in [-0.15, -0.1) is 0 Å². The van der Waals surface area contributed by atoms with Gasteiger partial charge in [-0.1, -0.05) is 13.8 Å². The van der Waals surface area contributed by atoms with Gasteiger partial charge in [-0.3, -0.25) is 4.79 Å². The predicted octanol–water partition coefficient (Wildman–Crippen LogP) is 1.89. The maximum atomic E-state index is 12.7. The lowest BCUT2D eigenvalue weighted by molar-refractivity contribution is 0.0719. The Hall–Kier alpha value is -1.69. The third kappa shape index (κ3) is 3.50. The average Bonchev–Trinajstić information content (AvgIpc) is 2.96. The van der Waals surface area contributed by atoms with Gasteiger partial charge in [0.15, 0.2) is 5.69 Å². The minimum atomic E-state index is -0.0465. The molecule has 116 valence electrons. The highest BCUT2D eigenvalue weighted by molar-refractivity contribution is 5.97. The van der Waals surface area contributed by atoms with E-state index in [0.29, 0.717) is 30.3 Å². The zero-order valence-corrected chi connectivity index (χ0v) is 13.2. The van der Waals surface area contributed by atoms with E-state index >= 15 is 0 Å². The van der Waals surface area contributed by atoms with Crippen LogP contribution in [0.3, 0.4) is 0 Å². The largest absolute Gasteiger partial charge is 0.382 e. The molecule has 0 saturated carbocycles. The van der Waals surface area contributed by atoms with Gasteiger partial charge in [0.1, 0.15) is 5.82 Å². The number of nitrogens with one attached hydrogen (secondary N) is 1. The van der Waals surface area contributed by atoms with Crippen LogP contribution in [-0.4, -0.2) is 53.6 Å². The minimum Gasteiger partial charge on any atom is -0.382 e. The van der Waals surface area contributed by atoms with Crippen LogP contribution in [0.2, 0.25) is 0 Å². The number of hydrogen-bond acceptors (Lipinski definition) is 5. The molecule has 0 aromatic carbocycles. The molecule has 0 radical (unpaired) electrons. The molecule has 2 rings (SSSR count). The van der Waals surface area contributed by atoms with Crippen LogP contribution < -0.4 is 5.32 Å². The highest BCUT2D eigenvalue weighted by Crippen LogP contribution is 2.21. The number of rotatable bonds is 5. The van der Waals surface area contributed by atoms with E-state index in [4.69, 9.17) is 4.74 Å². The number of amides is 1. The van der Waals surface area contributed by atoms with Gasteiger partial charge in [0.05, 0.1) is 18.0 Å². The molecule has 2 heterocycles. The van der Waals surface area contributed by atoms with Crippen molar-refractivity contribution >= 4 is 11.6 Å². The van der Waals surface area contributed by atoms with Crippen LogP contribution in [0.1, 0.15) is 49.4 Å². The van der Waals surface area contributed by atoms with Gasteiger partial charge in [-0.25, -0.2) is 9.97 Å². The molecule has 6 nitrogen and oxygen atoms in total. The maximum absolute atomic E-state index is 12.7. The summed E-state index contributed by atoms with van der Waals surface area (Å²) in [6.07, 6.45) is 2.71. The van der Waals surface area contributed by atoms with Crippen LogP contribution in [0.5, 0.6) is 0 Å². The first-order chi connectivity index (χ1) is 10.1. The second kappa shape index (κ2) is 6.85. The number of nitrogens with zero attached hydrogens (tertiary/aromatic N) is 3. The van der Waals surface area contributed by atoms with Crippen LogP contribution in [-0.2, 0) is 4.74 Å². The third-order valence-corrected chi connectivity index (χ3v) is 3.66. The van der Waals surface area contributed by atoms with E-state index in [1.807, 2.05) is 20.8 Å². The summed E-state index contributed by atoms with van der Waals surface area (Å²) in [6.45, 7) is 8.10. The highest BCUT2D eigenvalue weighted by atomic mass is 16.5. The molecule has 6 heteroatoms. The molecule has 0 spiro atoms. The summed E-state index contributed by atoms with van der Waals surface area (Å²) in [7, 11) is 1.68. The lowest BCUT2D eigenvalue weighted by atomic mass is 10.2. The van der Waals surface area contributed by atoms with Crippen LogP contribution >= 0.6 is 0 Å². The first kappa shape index (κ1) is 15.7. The van der Waals surface area contributed by atoms with E-state index in [1.54, 1.807) is 18.2 Å². The predicted molar refractivity (Wildman–Crippen MR) is 81.6 cm³/mol. The Bertz CT molecular complexity index is 504. The fourth-order valence-electron chi connectivity index (χ4n) is 2.41. The van der Waals surface area contributed by atoms with Gasteiger partial charge < -0.3 is 15.0 Å². The van der Waals surface area contributed by atoms with Gasteiger partial charge in [0.2, 0.25) is 0 Å². The Kier molecular flexibility index (Phi) is 5.12. The van der Waals surface area contributed by atoms with Crippen molar-refractivity contribution < 1.29 is 9.53 Å². The second-order valence-electron chi connectivity index (χ2n) is 5.57. The summed E-state index contributed by atoms with van der Waals surface area (Å²) in [5, 5.41) is 3.17. The lowest BCUT2D eigenvalue weighted by Crippen LogP contribution is -2.31. The Labute approximate surface area is 125 Å². The molecule has 1 atom stereocenters. The zero-order chi connectivity index (χ0) is 15.4. The van der Waals surface area contributed by atoms with Gasteiger partial charge in [-0.2, -0.15) is 0 Å². The summed E-state index contributed by atoms with van der Waals surface area (Å²) in [4.78, 5) is 23.3. The van der Waals surface area contributed by atoms with Crippen molar-refractivity contribution in [2.45, 2.75) is 39.2 Å². The van der Waals surface area contributed by atoms with Crippen LogP contribution in [0, 0.1) is 0 Å². The van der Waals surface area contributed by atoms with Gasteiger partial charge in [0.25, 0.3) is 5.91 Å². The lowest BCUT2D eigenvalue weighted by Gasteiger charge is -2.18. The van der Waals surface area contributed by atoms with Crippen molar-refractivity contribution in [3.8, 4) is 0 Å². The van der Waals surface area contributed by atoms with Gasteiger partial charge in [-0.05, 0) is 13.3 Å². The van der Waals surface area contributed by atoms with Gasteiger partial charge in [0, 0.05) is 32.7 Å². The summed E-state index contributed by atoms with van der Waals surface area (Å²) in [5.74, 6) is 0.842. The molecule has 1 aliphatic heterocycles. The molecule has 21 heavy (non-hydrogen) atoms. The molecule has 0 aliphatic carbocycles. The monoisotopic (exact) mass is 292 g/mol. The minimum absolute atomic E-state index is 0.0465. The Morgan fingerprint density at radius 2 is 2.33 bits per heavy atom. The maximum Gasteiger partial charge on any atom is 0.274 e. The molecule has 1 amide bonds. The standard InChI is InChI=1S/C15H24N4O2/c1-5-16-12-8-17-14(10(2)3)18-13(12)15(20)19-7-6-11(9-19)21-4/h8,10-11,16H,5-7,9H2,1-4H3. The van der Waals surface area contributed by atoms with E-state index < -0.39 is 0 Å². The number of hydrogen-bond donors (Lipinski definition) is 1. The van der Waals surface area contributed by atoms with E-state index in [1.165, 1.54) is 0 Å². The molecule has 1 N–H and O–H groups in total. The van der Waals surface area contributed by atoms with Crippen LogP contribution in [0.15, 0.2) is 6.20 Å². The molecular formula is C15H24N4O2. The van der Waals surface area contributed by atoms with E-state index in [2.05, 4.69) is 15.3 Å². The normalized spacial score (nSPS) is 18.3. The number of carbonyl (C=O) groups excluding carboxylic acids is 1. The van der Waals surface area contributed by atoms with Crippen molar-refractivity contribution in [1.82, 2.24) is 14.9 Å². The fourth-order valence-corrected chi connectivity index (χ4v) is 2.41. The Balaban J connectivity index is 2.27. The number of aromatic nitrogens is 2. The molecular weight excluding hydrogens is 268 g/mol. The summed E-state index contributed by atoms with van der Waals surface area (Å²) in [5.41, 5.74) is 1.17. The molecule has 1 aliphatic rings. The highest BCUT2D eigenvalue weighted by Gasteiger charge is 2.29. The Morgan fingerprint density at radius 3 is 2.90 bits per heavy atom. The topological polar surface area (TPSA) is 67.4 Å². The van der Waals surface area contributed by atoms with Crippen molar-refractivity contribution in [3.05, 3.63) is 17.7 Å². The first-order valence-corrected chi connectivity index (χ1v) is 7.49. The van der Waals surface area contributed by atoms with Crippen LogP contribution in [0.25, 0.3) is 0 Å². The molecule has 1 unspecified atom stereocenters.